The average molecular weight is 581 g/mol. The number of thioether (sulfide) groups is 1. The smallest absolute Gasteiger partial charge is 0.341 e. The summed E-state index contributed by atoms with van der Waals surface area (Å²) < 4.78 is 14.8. The van der Waals surface area contributed by atoms with Crippen LogP contribution in [-0.4, -0.2) is 55.4 Å². The van der Waals surface area contributed by atoms with Gasteiger partial charge in [-0.1, -0.05) is 23.9 Å². The minimum Gasteiger partial charge on any atom is -0.495 e. The minimum absolute atomic E-state index is 0.0652. The number of esters is 1. The van der Waals surface area contributed by atoms with Gasteiger partial charge in [0.2, 0.25) is 5.91 Å². The first-order valence-corrected chi connectivity index (χ1v) is 14.9. The molecular weight excluding hydrogens is 548 g/mol. The number of hydrogen-bond donors (Lipinski definition) is 1. The van der Waals surface area contributed by atoms with Crippen LogP contribution in [0.3, 0.4) is 0 Å². The number of anilines is 1. The lowest BCUT2D eigenvalue weighted by Gasteiger charge is -2.14. The number of rotatable bonds is 9. The molecule has 0 saturated carbocycles. The number of aromatic nitrogens is 5. The fourth-order valence-electron chi connectivity index (χ4n) is 4.67. The Morgan fingerprint density at radius 3 is 2.67 bits per heavy atom. The maximum Gasteiger partial charge on any atom is 0.341 e. The summed E-state index contributed by atoms with van der Waals surface area (Å²) in [7, 11) is 3.48. The lowest BCUT2D eigenvalue weighted by Crippen LogP contribution is -2.19. The average Bonchev–Trinajstić information content (AvgIpc) is 3.61. The van der Waals surface area contributed by atoms with Crippen molar-refractivity contribution < 1.29 is 19.1 Å². The second-order valence-corrected chi connectivity index (χ2v) is 11.9. The molecular formula is C28H32N6O4S2. The number of carbonyl (C=O) groups is 2. The van der Waals surface area contributed by atoms with Gasteiger partial charge in [0.15, 0.2) is 11.0 Å². The second-order valence-electron chi connectivity index (χ2n) is 9.81. The molecule has 3 aromatic heterocycles. The zero-order chi connectivity index (χ0) is 28.4. The third kappa shape index (κ3) is 5.64. The van der Waals surface area contributed by atoms with E-state index in [1.165, 1.54) is 23.1 Å². The number of nitrogens with one attached hydrogen (secondary N) is 1. The number of nitrogens with zero attached hydrogens (tertiary/aromatic N) is 5. The summed E-state index contributed by atoms with van der Waals surface area (Å²) in [6.07, 6.45) is 3.57. The van der Waals surface area contributed by atoms with Gasteiger partial charge >= 0.3 is 5.97 Å². The van der Waals surface area contributed by atoms with Gasteiger partial charge in [-0.2, -0.15) is 5.10 Å². The number of ether oxygens (including phenoxy) is 2. The van der Waals surface area contributed by atoms with Gasteiger partial charge in [-0.3, -0.25) is 14.0 Å². The number of benzene rings is 1. The van der Waals surface area contributed by atoms with E-state index in [-0.39, 0.29) is 23.7 Å². The van der Waals surface area contributed by atoms with Crippen LogP contribution >= 0.6 is 23.1 Å². The van der Waals surface area contributed by atoms with E-state index < -0.39 is 0 Å². The van der Waals surface area contributed by atoms with Crippen molar-refractivity contribution in [3.63, 3.8) is 0 Å². The van der Waals surface area contributed by atoms with E-state index in [4.69, 9.17) is 9.47 Å². The SMILES string of the molecule is COc1ccccc1-n1c(SCC(=O)Nc2sc3c(c2C(=O)OC(C)C)CCCC3)nnc1-c1cc(C)n(C)n1. The van der Waals surface area contributed by atoms with Crippen molar-refractivity contribution in [3.8, 4) is 23.0 Å². The number of aryl methyl sites for hydroxylation is 3. The molecule has 12 heteroatoms. The largest absolute Gasteiger partial charge is 0.495 e. The molecule has 0 spiro atoms. The van der Waals surface area contributed by atoms with Gasteiger partial charge in [0.25, 0.3) is 0 Å². The molecule has 0 bridgehead atoms. The van der Waals surface area contributed by atoms with Gasteiger partial charge in [0.05, 0.1) is 30.2 Å². The van der Waals surface area contributed by atoms with Gasteiger partial charge in [0.1, 0.15) is 16.4 Å². The number of methoxy groups -OCH3 is 1. The second kappa shape index (κ2) is 11.8. The molecule has 0 radical (unpaired) electrons. The highest BCUT2D eigenvalue weighted by atomic mass is 32.2. The lowest BCUT2D eigenvalue weighted by atomic mass is 9.95. The molecule has 1 aromatic carbocycles. The highest BCUT2D eigenvalue weighted by Crippen LogP contribution is 2.39. The first-order chi connectivity index (χ1) is 19.3. The van der Waals surface area contributed by atoms with E-state index >= 15 is 0 Å². The predicted molar refractivity (Wildman–Crippen MR) is 156 cm³/mol. The van der Waals surface area contributed by atoms with Crippen LogP contribution < -0.4 is 10.1 Å². The molecule has 0 unspecified atom stereocenters. The van der Waals surface area contributed by atoms with Crippen LogP contribution in [0.2, 0.25) is 0 Å². The Morgan fingerprint density at radius 2 is 1.95 bits per heavy atom. The molecule has 0 aliphatic heterocycles. The topological polar surface area (TPSA) is 113 Å². The first kappa shape index (κ1) is 27.9. The number of fused-ring (bicyclic) bond motifs is 1. The Morgan fingerprint density at radius 1 is 1.18 bits per heavy atom. The summed E-state index contributed by atoms with van der Waals surface area (Å²) in [6.45, 7) is 5.61. The number of para-hydroxylation sites is 2. The van der Waals surface area contributed by atoms with E-state index in [2.05, 4.69) is 20.6 Å². The number of hydrogen-bond acceptors (Lipinski definition) is 9. The summed E-state index contributed by atoms with van der Waals surface area (Å²) in [5.41, 5.74) is 3.88. The molecule has 1 N–H and O–H groups in total. The van der Waals surface area contributed by atoms with Gasteiger partial charge in [-0.05, 0) is 70.2 Å². The zero-order valence-electron chi connectivity index (χ0n) is 23.2. The van der Waals surface area contributed by atoms with Crippen molar-refractivity contribution in [1.29, 1.82) is 0 Å². The Kier molecular flexibility index (Phi) is 8.27. The minimum atomic E-state index is -0.386. The maximum atomic E-state index is 13.2. The van der Waals surface area contributed by atoms with Crippen LogP contribution in [0.4, 0.5) is 5.00 Å². The van der Waals surface area contributed by atoms with E-state index in [1.54, 1.807) is 11.8 Å². The van der Waals surface area contributed by atoms with Crippen LogP contribution in [0.25, 0.3) is 17.2 Å². The molecule has 1 aliphatic carbocycles. The Labute approximate surface area is 241 Å². The van der Waals surface area contributed by atoms with E-state index in [9.17, 15) is 9.59 Å². The van der Waals surface area contributed by atoms with Crippen LogP contribution in [-0.2, 0) is 29.4 Å². The Hall–Kier alpha value is -3.64. The molecule has 5 rings (SSSR count). The first-order valence-electron chi connectivity index (χ1n) is 13.1. The molecule has 40 heavy (non-hydrogen) atoms. The standard InChI is InChI=1S/C28H32N6O4S2/c1-16(2)38-27(36)24-18-10-6-9-13-22(18)40-26(24)29-23(35)15-39-28-31-30-25(19-14-17(3)33(4)32-19)34(28)20-11-7-8-12-21(20)37-5/h7-8,11-12,14,16H,6,9-10,13,15H2,1-5H3,(H,29,35). The summed E-state index contributed by atoms with van der Waals surface area (Å²) in [6, 6.07) is 9.50. The molecule has 0 atom stereocenters. The zero-order valence-corrected chi connectivity index (χ0v) is 24.8. The van der Waals surface area contributed by atoms with E-state index in [1.807, 2.05) is 62.7 Å². The predicted octanol–water partition coefficient (Wildman–Crippen LogP) is 5.22. The normalized spacial score (nSPS) is 12.8. The highest BCUT2D eigenvalue weighted by molar-refractivity contribution is 7.99. The highest BCUT2D eigenvalue weighted by Gasteiger charge is 2.28. The maximum absolute atomic E-state index is 13.2. The quantitative estimate of drug-likeness (QED) is 0.212. The van der Waals surface area contributed by atoms with Crippen LogP contribution in [0.5, 0.6) is 5.75 Å². The van der Waals surface area contributed by atoms with E-state index in [0.29, 0.717) is 33.0 Å². The Balaban J connectivity index is 1.42. The van der Waals surface area contributed by atoms with E-state index in [0.717, 1.165) is 47.5 Å². The molecule has 3 heterocycles. The summed E-state index contributed by atoms with van der Waals surface area (Å²) in [5.74, 6) is 0.617. The molecule has 1 amide bonds. The molecule has 0 fully saturated rings. The molecule has 1 aliphatic rings. The fourth-order valence-corrected chi connectivity index (χ4v) is 6.71. The third-order valence-electron chi connectivity index (χ3n) is 6.61. The van der Waals surface area contributed by atoms with Crippen molar-refractivity contribution in [2.75, 3.05) is 18.2 Å². The molecule has 210 valence electrons. The van der Waals surface area contributed by atoms with Gasteiger partial charge in [-0.15, -0.1) is 21.5 Å². The fraction of sp³-hybridized carbons (Fsp3) is 0.393. The van der Waals surface area contributed by atoms with Gasteiger partial charge in [-0.25, -0.2) is 4.79 Å². The molecule has 0 saturated heterocycles. The van der Waals surface area contributed by atoms with Crippen LogP contribution in [0.15, 0.2) is 35.5 Å². The third-order valence-corrected chi connectivity index (χ3v) is 8.74. The van der Waals surface area contributed by atoms with Crippen LogP contribution in [0.1, 0.15) is 53.2 Å². The van der Waals surface area contributed by atoms with Crippen LogP contribution in [0, 0.1) is 6.92 Å². The van der Waals surface area contributed by atoms with Crippen molar-refractivity contribution in [2.24, 2.45) is 7.05 Å². The molecule has 4 aromatic rings. The van der Waals surface area contributed by atoms with Crippen molar-refractivity contribution in [2.45, 2.75) is 57.7 Å². The van der Waals surface area contributed by atoms with Crippen molar-refractivity contribution in [1.82, 2.24) is 24.5 Å². The Bertz CT molecular complexity index is 1530. The lowest BCUT2D eigenvalue weighted by molar-refractivity contribution is -0.113. The summed E-state index contributed by atoms with van der Waals surface area (Å²) in [4.78, 5) is 27.3. The number of amides is 1. The summed E-state index contributed by atoms with van der Waals surface area (Å²) in [5, 5.41) is 17.5. The van der Waals surface area contributed by atoms with Gasteiger partial charge < -0.3 is 14.8 Å². The number of thiophene rings is 1. The molecule has 10 nitrogen and oxygen atoms in total. The van der Waals surface area contributed by atoms with Gasteiger partial charge in [0, 0.05) is 17.6 Å². The monoisotopic (exact) mass is 580 g/mol. The van der Waals surface area contributed by atoms with Crippen molar-refractivity contribution in [3.05, 3.63) is 52.0 Å². The number of carbonyl (C=O) groups excluding carboxylic acids is 2. The summed E-state index contributed by atoms with van der Waals surface area (Å²) >= 11 is 2.73. The van der Waals surface area contributed by atoms with Crippen molar-refractivity contribution >= 4 is 40.0 Å².